The number of allylic oxidation sites excluding steroid dienone is 6. The molecule has 0 spiro atoms. The van der Waals surface area contributed by atoms with E-state index < -0.39 is 12.1 Å². The Morgan fingerprint density at radius 2 is 1.24 bits per heavy atom. The van der Waals surface area contributed by atoms with Crippen LogP contribution < -0.4 is 0 Å². The second-order valence-electron chi connectivity index (χ2n) is 10.2. The van der Waals surface area contributed by atoms with Crippen LogP contribution in [0.25, 0.3) is 0 Å². The van der Waals surface area contributed by atoms with E-state index >= 15 is 0 Å². The van der Waals surface area contributed by atoms with E-state index in [0.29, 0.717) is 32.1 Å². The molecular weight excluding hydrogens is 516 g/mol. The summed E-state index contributed by atoms with van der Waals surface area (Å²) in [7, 11) is 0. The lowest BCUT2D eigenvalue weighted by molar-refractivity contribution is -0.166. The Kier molecular flexibility index (Phi) is 21.6. The molecule has 6 nitrogen and oxygen atoms in total. The van der Waals surface area contributed by atoms with Gasteiger partial charge in [0.2, 0.25) is 0 Å². The minimum atomic E-state index is -0.792. The third kappa shape index (κ3) is 19.5. The van der Waals surface area contributed by atoms with Gasteiger partial charge in [-0.25, -0.2) is 0 Å². The van der Waals surface area contributed by atoms with Gasteiger partial charge in [0.25, 0.3) is 0 Å². The van der Waals surface area contributed by atoms with Crippen LogP contribution in [-0.2, 0) is 41.4 Å². The molecule has 0 aliphatic heterocycles. The summed E-state index contributed by atoms with van der Waals surface area (Å²) in [6.07, 6.45) is 23.5. The quantitative estimate of drug-likeness (QED) is 0.0573. The van der Waals surface area contributed by atoms with Crippen LogP contribution in [-0.4, -0.2) is 37.2 Å². The molecule has 6 heteroatoms. The molecule has 0 fully saturated rings. The van der Waals surface area contributed by atoms with Crippen molar-refractivity contribution in [3.8, 4) is 0 Å². The number of benzene rings is 1. The van der Waals surface area contributed by atoms with Crippen LogP contribution in [0.3, 0.4) is 0 Å². The van der Waals surface area contributed by atoms with Crippen molar-refractivity contribution < 1.29 is 28.6 Å². The zero-order valence-corrected chi connectivity index (χ0v) is 25.6. The standard InChI is InChI=1S/C35H52O6/c1-4-7-16-23-30-25-19-20-26-31(30)24-17-14-12-10-8-9-11-13-15-18-27-35(38)41-32(28-39-33(36)21-5-2)29-40-34(37)22-6-3/h8,10-11,13-14,17,19-20,25-26,32H,4-7,9,12,15-16,18,21-24,27-29H2,1-3H3/b10-8-,13-11-,17-14-. The van der Waals surface area contributed by atoms with Crippen LogP contribution in [0.15, 0.2) is 60.7 Å². The zero-order chi connectivity index (χ0) is 30.0. The van der Waals surface area contributed by atoms with Crippen molar-refractivity contribution in [1.29, 1.82) is 0 Å². The number of aryl methyl sites for hydroxylation is 1. The van der Waals surface area contributed by atoms with Crippen molar-refractivity contribution >= 4 is 17.9 Å². The highest BCUT2D eigenvalue weighted by Crippen LogP contribution is 2.14. The van der Waals surface area contributed by atoms with Crippen molar-refractivity contribution in [1.82, 2.24) is 0 Å². The summed E-state index contributed by atoms with van der Waals surface area (Å²) in [5.74, 6) is -1.11. The van der Waals surface area contributed by atoms with Crippen molar-refractivity contribution in [2.75, 3.05) is 13.2 Å². The van der Waals surface area contributed by atoms with Crippen molar-refractivity contribution in [2.45, 2.75) is 117 Å². The smallest absolute Gasteiger partial charge is 0.306 e. The van der Waals surface area contributed by atoms with Gasteiger partial charge in [0.15, 0.2) is 6.10 Å². The van der Waals surface area contributed by atoms with Crippen LogP contribution in [0.1, 0.15) is 109 Å². The largest absolute Gasteiger partial charge is 0.462 e. The third-order valence-electron chi connectivity index (χ3n) is 6.37. The van der Waals surface area contributed by atoms with Crippen molar-refractivity contribution in [3.63, 3.8) is 0 Å². The Bertz CT molecular complexity index is 924. The normalized spacial score (nSPS) is 11.6. The second-order valence-corrected chi connectivity index (χ2v) is 10.2. The molecule has 1 rings (SSSR count). The number of ether oxygens (including phenoxy) is 3. The summed E-state index contributed by atoms with van der Waals surface area (Å²) in [6, 6.07) is 8.75. The maximum absolute atomic E-state index is 12.3. The molecule has 0 radical (unpaired) electrons. The fourth-order valence-corrected chi connectivity index (χ4v) is 4.09. The molecule has 1 aromatic rings. The molecule has 0 aliphatic rings. The highest BCUT2D eigenvalue weighted by Gasteiger charge is 2.19. The number of hydrogen-bond acceptors (Lipinski definition) is 6. The number of carbonyl (C=O) groups is 3. The van der Waals surface area contributed by atoms with Gasteiger partial charge in [-0.2, -0.15) is 0 Å². The molecule has 1 aromatic carbocycles. The van der Waals surface area contributed by atoms with E-state index in [1.165, 1.54) is 30.4 Å². The molecule has 0 amide bonds. The maximum Gasteiger partial charge on any atom is 0.306 e. The fraction of sp³-hybridized carbons (Fsp3) is 0.571. The van der Waals surface area contributed by atoms with Gasteiger partial charge in [-0.05, 0) is 68.9 Å². The minimum Gasteiger partial charge on any atom is -0.462 e. The number of rotatable bonds is 23. The highest BCUT2D eigenvalue weighted by molar-refractivity contribution is 5.71. The SMILES string of the molecule is CCCCCc1ccccc1C/C=C\C/C=C\C/C=C\CCCC(=O)OC(COC(=O)CCC)COC(=O)CCC. The highest BCUT2D eigenvalue weighted by atomic mass is 16.6. The van der Waals surface area contributed by atoms with Gasteiger partial charge in [0, 0.05) is 19.3 Å². The Morgan fingerprint density at radius 1 is 0.659 bits per heavy atom. The lowest BCUT2D eigenvalue weighted by Crippen LogP contribution is -2.30. The summed E-state index contributed by atoms with van der Waals surface area (Å²) in [6.45, 7) is 5.77. The predicted octanol–water partition coefficient (Wildman–Crippen LogP) is 8.18. The number of unbranched alkanes of at least 4 members (excludes halogenated alkanes) is 3. The van der Waals surface area contributed by atoms with Gasteiger partial charge in [-0.15, -0.1) is 0 Å². The first-order chi connectivity index (χ1) is 20.0. The van der Waals surface area contributed by atoms with Gasteiger partial charge in [0.1, 0.15) is 13.2 Å². The van der Waals surface area contributed by atoms with Gasteiger partial charge in [0.05, 0.1) is 0 Å². The Balaban J connectivity index is 2.27. The maximum atomic E-state index is 12.3. The molecular formula is C35H52O6. The second kappa shape index (κ2) is 24.6. The average molecular weight is 569 g/mol. The van der Waals surface area contributed by atoms with E-state index in [0.717, 1.165) is 32.1 Å². The van der Waals surface area contributed by atoms with Crippen LogP contribution in [0, 0.1) is 0 Å². The average Bonchev–Trinajstić information content (AvgIpc) is 2.96. The first kappa shape index (κ1) is 35.9. The lowest BCUT2D eigenvalue weighted by Gasteiger charge is -2.18. The molecule has 0 bridgehead atoms. The first-order valence-electron chi connectivity index (χ1n) is 15.5. The van der Waals surface area contributed by atoms with Crippen LogP contribution >= 0.6 is 0 Å². The number of carbonyl (C=O) groups excluding carboxylic acids is 3. The number of hydrogen-bond donors (Lipinski definition) is 0. The third-order valence-corrected chi connectivity index (χ3v) is 6.37. The molecule has 0 aliphatic carbocycles. The molecule has 0 atom stereocenters. The summed E-state index contributed by atoms with van der Waals surface area (Å²) >= 11 is 0. The Morgan fingerprint density at radius 3 is 1.85 bits per heavy atom. The Hall–Kier alpha value is -3.15. The summed E-state index contributed by atoms with van der Waals surface area (Å²) < 4.78 is 15.7. The van der Waals surface area contributed by atoms with Gasteiger partial charge in [-0.3, -0.25) is 14.4 Å². The van der Waals surface area contributed by atoms with Crippen LogP contribution in [0.2, 0.25) is 0 Å². The van der Waals surface area contributed by atoms with E-state index in [-0.39, 0.29) is 31.6 Å². The van der Waals surface area contributed by atoms with E-state index in [9.17, 15) is 14.4 Å². The van der Waals surface area contributed by atoms with Crippen molar-refractivity contribution in [3.05, 3.63) is 71.8 Å². The molecule has 0 unspecified atom stereocenters. The fourth-order valence-electron chi connectivity index (χ4n) is 4.09. The molecule has 0 saturated carbocycles. The van der Waals surface area contributed by atoms with E-state index in [1.54, 1.807) is 0 Å². The zero-order valence-electron chi connectivity index (χ0n) is 25.6. The van der Waals surface area contributed by atoms with Gasteiger partial charge in [-0.1, -0.05) is 94.3 Å². The monoisotopic (exact) mass is 568 g/mol. The number of esters is 3. The van der Waals surface area contributed by atoms with Gasteiger partial charge >= 0.3 is 17.9 Å². The molecule has 0 heterocycles. The van der Waals surface area contributed by atoms with E-state index in [2.05, 4.69) is 67.6 Å². The first-order valence-corrected chi connectivity index (χ1v) is 15.5. The summed E-state index contributed by atoms with van der Waals surface area (Å²) in [5, 5.41) is 0. The summed E-state index contributed by atoms with van der Waals surface area (Å²) in [5.41, 5.74) is 2.90. The van der Waals surface area contributed by atoms with Crippen LogP contribution in [0.5, 0.6) is 0 Å². The molecule has 228 valence electrons. The van der Waals surface area contributed by atoms with Gasteiger partial charge < -0.3 is 14.2 Å². The van der Waals surface area contributed by atoms with E-state index in [4.69, 9.17) is 14.2 Å². The minimum absolute atomic E-state index is 0.113. The lowest BCUT2D eigenvalue weighted by atomic mass is 9.99. The Labute approximate surface area is 248 Å². The van der Waals surface area contributed by atoms with Crippen LogP contribution in [0.4, 0.5) is 0 Å². The van der Waals surface area contributed by atoms with Crippen molar-refractivity contribution in [2.24, 2.45) is 0 Å². The molecule has 0 saturated heterocycles. The molecule has 0 aromatic heterocycles. The molecule has 41 heavy (non-hydrogen) atoms. The predicted molar refractivity (Wildman–Crippen MR) is 165 cm³/mol. The topological polar surface area (TPSA) is 78.9 Å². The summed E-state index contributed by atoms with van der Waals surface area (Å²) in [4.78, 5) is 35.6. The van der Waals surface area contributed by atoms with E-state index in [1.807, 2.05) is 13.8 Å². The molecule has 0 N–H and O–H groups in total.